The van der Waals surface area contributed by atoms with Gasteiger partial charge in [0.1, 0.15) is 0 Å². The molecule has 5 fully saturated rings. The fourth-order valence-corrected chi connectivity index (χ4v) is 6.73. The molecule has 4 bridgehead atoms. The molecular formula is C15H21ClN2O. The highest BCUT2D eigenvalue weighted by atomic mass is 35.5. The summed E-state index contributed by atoms with van der Waals surface area (Å²) in [5.41, 5.74) is -0.559. The van der Waals surface area contributed by atoms with Gasteiger partial charge < -0.3 is 5.11 Å². The van der Waals surface area contributed by atoms with E-state index >= 15 is 0 Å². The molecule has 1 heterocycles. The molecule has 4 unspecified atom stereocenters. The number of likely N-dealkylation sites (tertiary alicyclic amines) is 1. The van der Waals surface area contributed by atoms with Crippen LogP contribution in [0.5, 0.6) is 0 Å². The Kier molecular flexibility index (Phi) is 2.40. The van der Waals surface area contributed by atoms with Gasteiger partial charge in [0.2, 0.25) is 0 Å². The summed E-state index contributed by atoms with van der Waals surface area (Å²) in [6.07, 6.45) is 7.78. The third-order valence-corrected chi connectivity index (χ3v) is 6.37. The topological polar surface area (TPSA) is 47.3 Å². The van der Waals surface area contributed by atoms with Gasteiger partial charge in [0.15, 0.2) is 0 Å². The van der Waals surface area contributed by atoms with Crippen molar-refractivity contribution in [1.82, 2.24) is 4.90 Å². The Morgan fingerprint density at radius 3 is 2.74 bits per heavy atom. The molecule has 5 aliphatic rings. The molecule has 0 aromatic heterocycles. The first-order chi connectivity index (χ1) is 8.96. The summed E-state index contributed by atoms with van der Waals surface area (Å²) in [5.74, 6) is 0.554. The second kappa shape index (κ2) is 3.67. The van der Waals surface area contributed by atoms with E-state index in [2.05, 4.69) is 11.0 Å². The molecule has 5 atom stereocenters. The molecule has 0 spiro atoms. The van der Waals surface area contributed by atoms with Gasteiger partial charge in [-0.15, -0.1) is 11.6 Å². The first-order valence-electron chi connectivity index (χ1n) is 7.54. The van der Waals surface area contributed by atoms with Crippen LogP contribution in [0.15, 0.2) is 0 Å². The summed E-state index contributed by atoms with van der Waals surface area (Å²) in [6, 6.07) is 2.51. The zero-order valence-electron chi connectivity index (χ0n) is 11.2. The average Bonchev–Trinajstić information content (AvgIpc) is 2.72. The van der Waals surface area contributed by atoms with Crippen molar-refractivity contribution in [1.29, 1.82) is 5.26 Å². The van der Waals surface area contributed by atoms with Gasteiger partial charge in [0.25, 0.3) is 0 Å². The van der Waals surface area contributed by atoms with E-state index < -0.39 is 5.60 Å². The molecule has 5 rings (SSSR count). The number of hydrogen-bond acceptors (Lipinski definition) is 3. The first-order valence-corrected chi connectivity index (χ1v) is 7.92. The van der Waals surface area contributed by atoms with Crippen LogP contribution in [0, 0.1) is 17.2 Å². The van der Waals surface area contributed by atoms with Gasteiger partial charge in [-0.3, -0.25) is 4.90 Å². The summed E-state index contributed by atoms with van der Waals surface area (Å²) in [5, 5.41) is 20.2. The van der Waals surface area contributed by atoms with E-state index in [4.69, 9.17) is 11.6 Å². The van der Waals surface area contributed by atoms with E-state index in [0.29, 0.717) is 5.92 Å². The molecule has 1 N–H and O–H groups in total. The van der Waals surface area contributed by atoms with Crippen LogP contribution in [0.3, 0.4) is 0 Å². The molecule has 4 aliphatic carbocycles. The van der Waals surface area contributed by atoms with E-state index in [0.717, 1.165) is 57.9 Å². The van der Waals surface area contributed by atoms with Crippen LogP contribution in [0.25, 0.3) is 0 Å². The van der Waals surface area contributed by atoms with Crippen molar-refractivity contribution in [2.24, 2.45) is 5.92 Å². The smallest absolute Gasteiger partial charge is 0.0982 e. The number of alkyl halides is 1. The zero-order chi connectivity index (χ0) is 13.3. The highest BCUT2D eigenvalue weighted by Gasteiger charge is 2.65. The van der Waals surface area contributed by atoms with E-state index in [1.165, 1.54) is 0 Å². The molecule has 19 heavy (non-hydrogen) atoms. The first kappa shape index (κ1) is 12.4. The second-order valence-electron chi connectivity index (χ2n) is 7.59. The van der Waals surface area contributed by atoms with Gasteiger partial charge in [-0.1, -0.05) is 0 Å². The highest BCUT2D eigenvalue weighted by molar-refractivity contribution is 6.24. The summed E-state index contributed by atoms with van der Waals surface area (Å²) in [4.78, 5) is 2.19. The summed E-state index contributed by atoms with van der Waals surface area (Å²) >= 11 is 6.81. The quantitative estimate of drug-likeness (QED) is 0.751. The molecule has 3 nitrogen and oxygen atoms in total. The molecule has 0 aromatic rings. The molecular weight excluding hydrogens is 260 g/mol. The number of nitriles is 1. The van der Waals surface area contributed by atoms with E-state index in [-0.39, 0.29) is 16.5 Å². The zero-order valence-corrected chi connectivity index (χ0v) is 12.0. The Labute approximate surface area is 119 Å². The van der Waals surface area contributed by atoms with Crippen LogP contribution in [0.4, 0.5) is 0 Å². The highest BCUT2D eigenvalue weighted by Crippen LogP contribution is 2.63. The third-order valence-electron chi connectivity index (χ3n) is 5.95. The lowest BCUT2D eigenvalue weighted by Crippen LogP contribution is -2.69. The maximum absolute atomic E-state index is 10.9. The number of hydrogen-bond donors (Lipinski definition) is 1. The Bertz CT molecular complexity index is 442. The van der Waals surface area contributed by atoms with Crippen molar-refractivity contribution >= 4 is 11.6 Å². The minimum absolute atomic E-state index is 0.00676. The van der Waals surface area contributed by atoms with Crippen LogP contribution >= 0.6 is 11.6 Å². The maximum Gasteiger partial charge on any atom is 0.0982 e. The van der Waals surface area contributed by atoms with Gasteiger partial charge in [-0.25, -0.2) is 0 Å². The monoisotopic (exact) mass is 280 g/mol. The van der Waals surface area contributed by atoms with Gasteiger partial charge in [-0.2, -0.15) is 5.26 Å². The molecule has 0 amide bonds. The normalized spacial score (nSPS) is 56.5. The number of aliphatic hydroxyl groups is 1. The fraction of sp³-hybridized carbons (Fsp3) is 0.933. The molecule has 1 aliphatic heterocycles. The fourth-order valence-electron chi connectivity index (χ4n) is 6.01. The summed E-state index contributed by atoms with van der Waals surface area (Å²) in [6.45, 7) is 1.01. The predicted molar refractivity (Wildman–Crippen MR) is 72.8 cm³/mol. The second-order valence-corrected chi connectivity index (χ2v) is 8.39. The number of halogens is 1. The number of nitrogens with zero attached hydrogens (tertiary/aromatic N) is 2. The Hall–Kier alpha value is -0.300. The SMILES string of the molecule is N#C[C@@H]1CCCN1C12CC3CC(O)(CC(Cl)(C3)C1)C2. The van der Waals surface area contributed by atoms with E-state index in [1.54, 1.807) is 0 Å². The van der Waals surface area contributed by atoms with Crippen molar-refractivity contribution in [3.8, 4) is 6.07 Å². The van der Waals surface area contributed by atoms with Crippen molar-refractivity contribution < 1.29 is 5.11 Å². The maximum atomic E-state index is 10.9. The minimum Gasteiger partial charge on any atom is -0.390 e. The summed E-state index contributed by atoms with van der Waals surface area (Å²) in [7, 11) is 0. The van der Waals surface area contributed by atoms with Crippen LogP contribution in [-0.2, 0) is 0 Å². The molecule has 104 valence electrons. The molecule has 4 saturated carbocycles. The minimum atomic E-state index is -0.566. The van der Waals surface area contributed by atoms with Gasteiger partial charge in [-0.05, 0) is 57.3 Å². The Morgan fingerprint density at radius 1 is 1.21 bits per heavy atom. The largest absolute Gasteiger partial charge is 0.390 e. The standard InChI is InChI=1S/C15H21ClN2O/c16-13-4-11-5-14(8-13,10-15(19,6-11)9-13)18-3-1-2-12(18)7-17/h11-12,19H,1-6,8-10H2/t11?,12-,13?,14?,15?/m0/s1. The van der Waals surface area contributed by atoms with Crippen molar-refractivity contribution in [3.63, 3.8) is 0 Å². The van der Waals surface area contributed by atoms with Crippen LogP contribution in [0.2, 0.25) is 0 Å². The van der Waals surface area contributed by atoms with Crippen LogP contribution in [-0.4, -0.2) is 38.6 Å². The van der Waals surface area contributed by atoms with Crippen molar-refractivity contribution in [2.75, 3.05) is 6.54 Å². The van der Waals surface area contributed by atoms with Gasteiger partial charge in [0.05, 0.1) is 17.7 Å². The molecule has 1 saturated heterocycles. The Balaban J connectivity index is 1.73. The number of rotatable bonds is 1. The molecule has 0 radical (unpaired) electrons. The van der Waals surface area contributed by atoms with Crippen LogP contribution < -0.4 is 0 Å². The average molecular weight is 281 g/mol. The van der Waals surface area contributed by atoms with Crippen molar-refractivity contribution in [2.45, 2.75) is 73.4 Å². The lowest BCUT2D eigenvalue weighted by Gasteiger charge is -2.65. The summed E-state index contributed by atoms with van der Waals surface area (Å²) < 4.78 is 0. The lowest BCUT2D eigenvalue weighted by atomic mass is 9.50. The predicted octanol–water partition coefficient (Wildman–Crippen LogP) is 2.42. The van der Waals surface area contributed by atoms with E-state index in [9.17, 15) is 10.4 Å². The lowest BCUT2D eigenvalue weighted by molar-refractivity contribution is -0.167. The van der Waals surface area contributed by atoms with Gasteiger partial charge >= 0.3 is 0 Å². The Morgan fingerprint density at radius 2 is 2.05 bits per heavy atom. The molecule has 4 heteroatoms. The van der Waals surface area contributed by atoms with Crippen LogP contribution in [0.1, 0.15) is 51.4 Å². The van der Waals surface area contributed by atoms with Crippen molar-refractivity contribution in [3.05, 3.63) is 0 Å². The van der Waals surface area contributed by atoms with E-state index in [1.807, 2.05) is 0 Å². The molecule has 0 aromatic carbocycles. The third kappa shape index (κ3) is 1.70. The van der Waals surface area contributed by atoms with Gasteiger partial charge in [0, 0.05) is 17.0 Å².